The second-order valence-corrected chi connectivity index (χ2v) is 11.9. The van der Waals surface area contributed by atoms with Crippen molar-refractivity contribution >= 4 is 40.7 Å². The van der Waals surface area contributed by atoms with Crippen LogP contribution in [0.2, 0.25) is 0 Å². The number of likely N-dealkylation sites (N-methyl/N-ethyl adjacent to an activating group) is 1. The maximum atomic E-state index is 6.00. The van der Waals surface area contributed by atoms with Gasteiger partial charge in [-0.1, -0.05) is 66.8 Å². The molecule has 2 nitrogen and oxygen atoms in total. The zero-order chi connectivity index (χ0) is 21.8. The molecule has 2 fully saturated rings. The molecule has 1 aliphatic carbocycles. The average Bonchev–Trinajstić information content (AvgIpc) is 2.79. The molecule has 2 unspecified atom stereocenters. The van der Waals surface area contributed by atoms with E-state index in [-0.39, 0.29) is 0 Å². The Balaban J connectivity index is 1.46. The molecule has 0 amide bonds. The number of nitrogens with zero attached hydrogens (tertiary/aromatic N) is 2. The maximum absolute atomic E-state index is 6.00. The van der Waals surface area contributed by atoms with Crippen molar-refractivity contribution in [3.8, 4) is 11.1 Å². The van der Waals surface area contributed by atoms with Gasteiger partial charge in [0.05, 0.1) is 9.07 Å². The maximum Gasteiger partial charge on any atom is 0.0824 e. The zero-order valence-electron chi connectivity index (χ0n) is 18.9. The van der Waals surface area contributed by atoms with Gasteiger partial charge in [0, 0.05) is 25.6 Å². The summed E-state index contributed by atoms with van der Waals surface area (Å²) < 4.78 is 0.327. The number of thiocarbonyl (C=S) groups is 1. The number of thioether (sulfide) groups is 2. The smallest absolute Gasteiger partial charge is 0.0824 e. The Morgan fingerprint density at radius 1 is 1.03 bits per heavy atom. The van der Waals surface area contributed by atoms with Crippen molar-refractivity contribution in [1.29, 1.82) is 0 Å². The number of likely N-dealkylation sites (tertiary alicyclic amines) is 1. The van der Waals surface area contributed by atoms with Crippen LogP contribution in [0.25, 0.3) is 11.1 Å². The minimum Gasteiger partial charge on any atom is -0.364 e. The Morgan fingerprint density at radius 2 is 1.68 bits per heavy atom. The molecule has 2 aromatic carbocycles. The van der Waals surface area contributed by atoms with Crippen LogP contribution in [0.4, 0.5) is 0 Å². The number of hydrogen-bond donors (Lipinski definition) is 0. The highest BCUT2D eigenvalue weighted by atomic mass is 32.2. The monoisotopic (exact) mass is 470 g/mol. The van der Waals surface area contributed by atoms with Gasteiger partial charge in [0.15, 0.2) is 0 Å². The molecule has 0 spiro atoms. The third-order valence-electron chi connectivity index (χ3n) is 7.20. The summed E-state index contributed by atoms with van der Waals surface area (Å²) in [6.07, 6.45) is 10.5. The number of rotatable bonds is 7. The molecule has 0 aromatic heterocycles. The lowest BCUT2D eigenvalue weighted by atomic mass is 9.85. The summed E-state index contributed by atoms with van der Waals surface area (Å²) in [5.74, 6) is 0. The summed E-state index contributed by atoms with van der Waals surface area (Å²) in [6, 6.07) is 20.7. The summed E-state index contributed by atoms with van der Waals surface area (Å²) in [6.45, 7) is 2.52. The van der Waals surface area contributed by atoms with Gasteiger partial charge < -0.3 is 4.90 Å². The van der Waals surface area contributed by atoms with Gasteiger partial charge in [-0.2, -0.15) is 0 Å². The molecule has 0 bridgehead atoms. The lowest BCUT2D eigenvalue weighted by molar-refractivity contribution is 0.0442. The van der Waals surface area contributed by atoms with Crippen molar-refractivity contribution < 1.29 is 0 Å². The summed E-state index contributed by atoms with van der Waals surface area (Å²) in [5, 5.41) is 0. The molecule has 1 heterocycles. The standard InChI is InChI=1S/C26H34N2S3/c1-27(24-19-26(30-2,31-3)15-14-23(24)28-16-7-17-28)25(29)18-20-10-12-22(13-11-20)21-8-5-4-6-9-21/h4-6,8-13,23-24H,7,14-19H2,1-3H3. The fourth-order valence-corrected chi connectivity index (χ4v) is 7.28. The van der Waals surface area contributed by atoms with Crippen LogP contribution in [-0.4, -0.2) is 63.6 Å². The topological polar surface area (TPSA) is 6.48 Å². The third-order valence-corrected chi connectivity index (χ3v) is 10.9. The molecule has 1 aliphatic heterocycles. The van der Waals surface area contributed by atoms with Crippen LogP contribution in [0.1, 0.15) is 31.2 Å². The van der Waals surface area contributed by atoms with Crippen molar-refractivity contribution in [2.24, 2.45) is 0 Å². The summed E-state index contributed by atoms with van der Waals surface area (Å²) >= 11 is 10.1. The van der Waals surface area contributed by atoms with Crippen LogP contribution in [0.15, 0.2) is 54.6 Å². The lowest BCUT2D eigenvalue weighted by Gasteiger charge is -2.52. The van der Waals surface area contributed by atoms with E-state index in [1.165, 1.54) is 55.5 Å². The van der Waals surface area contributed by atoms with E-state index in [2.05, 4.69) is 84.0 Å². The predicted molar refractivity (Wildman–Crippen MR) is 143 cm³/mol. The highest BCUT2D eigenvalue weighted by Crippen LogP contribution is 2.48. The van der Waals surface area contributed by atoms with E-state index >= 15 is 0 Å². The molecule has 2 atom stereocenters. The van der Waals surface area contributed by atoms with Crippen LogP contribution in [0, 0.1) is 0 Å². The number of benzene rings is 2. The van der Waals surface area contributed by atoms with Crippen molar-refractivity contribution in [1.82, 2.24) is 9.80 Å². The largest absolute Gasteiger partial charge is 0.364 e. The molecule has 0 radical (unpaired) electrons. The second kappa shape index (κ2) is 10.3. The molecule has 1 saturated heterocycles. The fraction of sp³-hybridized carbons (Fsp3) is 0.500. The van der Waals surface area contributed by atoms with Crippen molar-refractivity contribution in [3.63, 3.8) is 0 Å². The highest BCUT2D eigenvalue weighted by Gasteiger charge is 2.45. The zero-order valence-corrected chi connectivity index (χ0v) is 21.4. The molecular formula is C26H34N2S3. The molecule has 2 aromatic rings. The first kappa shape index (κ1) is 23.2. The second-order valence-electron chi connectivity index (χ2n) is 8.83. The molecule has 166 valence electrons. The lowest BCUT2D eigenvalue weighted by Crippen LogP contribution is -2.60. The van der Waals surface area contributed by atoms with Crippen LogP contribution >= 0.6 is 35.7 Å². The van der Waals surface area contributed by atoms with Gasteiger partial charge in [0.2, 0.25) is 0 Å². The molecule has 31 heavy (non-hydrogen) atoms. The minimum atomic E-state index is 0.327. The Morgan fingerprint density at radius 3 is 2.26 bits per heavy atom. The van der Waals surface area contributed by atoms with Gasteiger partial charge in [-0.05, 0) is 68.0 Å². The van der Waals surface area contributed by atoms with Crippen molar-refractivity contribution in [3.05, 3.63) is 60.2 Å². The quantitative estimate of drug-likeness (QED) is 0.350. The third kappa shape index (κ3) is 5.16. The molecular weight excluding hydrogens is 437 g/mol. The van der Waals surface area contributed by atoms with Gasteiger partial charge in [-0.25, -0.2) is 0 Å². The fourth-order valence-electron chi connectivity index (χ4n) is 4.99. The van der Waals surface area contributed by atoms with Crippen LogP contribution in [-0.2, 0) is 6.42 Å². The average molecular weight is 471 g/mol. The Bertz CT molecular complexity index is 860. The van der Waals surface area contributed by atoms with Crippen LogP contribution in [0.5, 0.6) is 0 Å². The van der Waals surface area contributed by atoms with Gasteiger partial charge in [-0.3, -0.25) is 4.90 Å². The Labute approximate surface area is 202 Å². The van der Waals surface area contributed by atoms with Crippen LogP contribution < -0.4 is 0 Å². The molecule has 4 rings (SSSR count). The molecule has 0 N–H and O–H groups in total. The first-order chi connectivity index (χ1) is 15.0. The summed E-state index contributed by atoms with van der Waals surface area (Å²) in [7, 11) is 2.24. The SMILES string of the molecule is CSC1(SC)CCC(N2CCC2)C(N(C)C(=S)Cc2ccc(-c3ccccc3)cc2)C1. The summed E-state index contributed by atoms with van der Waals surface area (Å²) in [4.78, 5) is 6.22. The van der Waals surface area contributed by atoms with Gasteiger partial charge in [0.1, 0.15) is 0 Å². The molecule has 1 saturated carbocycles. The van der Waals surface area contributed by atoms with Crippen molar-refractivity contribution in [2.75, 3.05) is 32.6 Å². The highest BCUT2D eigenvalue weighted by molar-refractivity contribution is 8.17. The van der Waals surface area contributed by atoms with Gasteiger partial charge in [0.25, 0.3) is 0 Å². The number of hydrogen-bond acceptors (Lipinski definition) is 4. The van der Waals surface area contributed by atoms with Crippen molar-refractivity contribution in [2.45, 2.75) is 48.3 Å². The van der Waals surface area contributed by atoms with E-state index in [0.29, 0.717) is 16.2 Å². The normalized spacial score (nSPS) is 23.2. The predicted octanol–water partition coefficient (Wildman–Crippen LogP) is 6.20. The van der Waals surface area contributed by atoms with E-state index in [1.54, 1.807) is 0 Å². The Kier molecular flexibility index (Phi) is 7.68. The first-order valence-electron chi connectivity index (χ1n) is 11.3. The first-order valence-corrected chi connectivity index (χ1v) is 14.2. The molecule has 2 aliphatic rings. The van der Waals surface area contributed by atoms with E-state index in [0.717, 1.165) is 11.4 Å². The summed E-state index contributed by atoms with van der Waals surface area (Å²) in [5.41, 5.74) is 3.83. The van der Waals surface area contributed by atoms with Gasteiger partial charge >= 0.3 is 0 Å². The van der Waals surface area contributed by atoms with E-state index in [9.17, 15) is 0 Å². The van der Waals surface area contributed by atoms with Crippen LogP contribution in [0.3, 0.4) is 0 Å². The van der Waals surface area contributed by atoms with E-state index < -0.39 is 0 Å². The Hall–Kier alpha value is -1.01. The minimum absolute atomic E-state index is 0.327. The molecule has 5 heteroatoms. The van der Waals surface area contributed by atoms with E-state index in [1.807, 2.05) is 23.5 Å². The van der Waals surface area contributed by atoms with E-state index in [4.69, 9.17) is 12.2 Å². The van der Waals surface area contributed by atoms with Gasteiger partial charge in [-0.15, -0.1) is 23.5 Å².